The molecule has 4 N–H and O–H groups in total. The highest BCUT2D eigenvalue weighted by Gasteiger charge is 2.30. The van der Waals surface area contributed by atoms with E-state index in [4.69, 9.17) is 0 Å². The lowest BCUT2D eigenvalue weighted by molar-refractivity contribution is 0.0923. The van der Waals surface area contributed by atoms with E-state index in [0.717, 1.165) is 17.5 Å². The van der Waals surface area contributed by atoms with E-state index in [0.29, 0.717) is 6.42 Å². The van der Waals surface area contributed by atoms with Gasteiger partial charge in [0.1, 0.15) is 0 Å². The number of carbonyl (C=O) groups is 1. The molecule has 7 heteroatoms. The predicted molar refractivity (Wildman–Crippen MR) is 104 cm³/mol. The van der Waals surface area contributed by atoms with Gasteiger partial charge in [-0.15, -0.1) is 0 Å². The van der Waals surface area contributed by atoms with Crippen molar-refractivity contribution >= 4 is 5.91 Å². The first-order chi connectivity index (χ1) is 13.5. The Kier molecular flexibility index (Phi) is 4.57. The highest BCUT2D eigenvalue weighted by molar-refractivity contribution is 5.94. The van der Waals surface area contributed by atoms with Gasteiger partial charge in [-0.2, -0.15) is 0 Å². The third-order valence-corrected chi connectivity index (χ3v) is 5.14. The fourth-order valence-electron chi connectivity index (χ4n) is 3.85. The van der Waals surface area contributed by atoms with Crippen molar-refractivity contribution in [1.82, 2.24) is 15.3 Å². The zero-order chi connectivity index (χ0) is 19.7. The number of fused-ring (bicyclic) bond motifs is 1. The van der Waals surface area contributed by atoms with E-state index in [2.05, 4.69) is 28.5 Å². The molecule has 0 saturated carbocycles. The van der Waals surface area contributed by atoms with Crippen LogP contribution in [0.4, 0.5) is 0 Å². The molecule has 0 bridgehead atoms. The van der Waals surface area contributed by atoms with Crippen molar-refractivity contribution in [3.63, 3.8) is 0 Å². The Hall–Kier alpha value is -3.61. The summed E-state index contributed by atoms with van der Waals surface area (Å²) in [6.45, 7) is 0. The minimum absolute atomic E-state index is 0.235. The molecule has 1 amide bonds. The van der Waals surface area contributed by atoms with Gasteiger partial charge in [0.05, 0.1) is 6.04 Å². The summed E-state index contributed by atoms with van der Waals surface area (Å²) in [5.74, 6) is -1.26. The zero-order valence-corrected chi connectivity index (χ0v) is 14.9. The third kappa shape index (κ3) is 3.22. The SMILES string of the molecule is O=C(N[C@@H]1CC[C@H](c2ccccc2)c2ccccc21)c1[nH]c(=O)[nH]c(=O)c1O. The maximum Gasteiger partial charge on any atom is 0.326 e. The van der Waals surface area contributed by atoms with Crippen molar-refractivity contribution in [2.45, 2.75) is 24.8 Å². The summed E-state index contributed by atoms with van der Waals surface area (Å²) in [6.07, 6.45) is 1.53. The van der Waals surface area contributed by atoms with Crippen LogP contribution in [0.5, 0.6) is 5.75 Å². The third-order valence-electron chi connectivity index (χ3n) is 5.14. The molecule has 7 nitrogen and oxygen atoms in total. The lowest BCUT2D eigenvalue weighted by Gasteiger charge is -2.32. The van der Waals surface area contributed by atoms with Gasteiger partial charge in [0.2, 0.25) is 5.75 Å². The number of benzene rings is 2. The van der Waals surface area contributed by atoms with Crippen LogP contribution in [-0.4, -0.2) is 21.0 Å². The Morgan fingerprint density at radius 1 is 0.929 bits per heavy atom. The lowest BCUT2D eigenvalue weighted by atomic mass is 9.77. The van der Waals surface area contributed by atoms with Crippen LogP contribution < -0.4 is 16.6 Å². The summed E-state index contributed by atoms with van der Waals surface area (Å²) >= 11 is 0. The van der Waals surface area contributed by atoms with Gasteiger partial charge in [-0.25, -0.2) is 4.79 Å². The molecule has 1 heterocycles. The van der Waals surface area contributed by atoms with Gasteiger partial charge in [0.15, 0.2) is 5.69 Å². The van der Waals surface area contributed by atoms with Crippen LogP contribution in [0.2, 0.25) is 0 Å². The summed E-state index contributed by atoms with van der Waals surface area (Å²) in [5.41, 5.74) is 1.06. The molecule has 2 aromatic carbocycles. The van der Waals surface area contributed by atoms with Crippen LogP contribution in [0.1, 0.15) is 52.0 Å². The fourth-order valence-corrected chi connectivity index (χ4v) is 3.85. The Balaban J connectivity index is 1.65. The number of aromatic amines is 2. The van der Waals surface area contributed by atoms with E-state index in [1.807, 2.05) is 41.4 Å². The molecule has 0 unspecified atom stereocenters. The smallest absolute Gasteiger partial charge is 0.326 e. The second-order valence-corrected chi connectivity index (χ2v) is 6.83. The normalized spacial score (nSPS) is 18.3. The number of nitrogens with one attached hydrogen (secondary N) is 3. The molecule has 2 atom stereocenters. The van der Waals surface area contributed by atoms with Crippen LogP contribution in [0.25, 0.3) is 0 Å². The number of carbonyl (C=O) groups excluding carboxylic acids is 1. The molecular formula is C21H19N3O4. The topological polar surface area (TPSA) is 115 Å². The Morgan fingerprint density at radius 3 is 2.36 bits per heavy atom. The van der Waals surface area contributed by atoms with Gasteiger partial charge in [0.25, 0.3) is 11.5 Å². The summed E-state index contributed by atoms with van der Waals surface area (Å²) in [7, 11) is 0. The highest BCUT2D eigenvalue weighted by atomic mass is 16.3. The minimum atomic E-state index is -0.998. The number of hydrogen-bond acceptors (Lipinski definition) is 4. The average molecular weight is 377 g/mol. The first-order valence-corrected chi connectivity index (χ1v) is 9.05. The fraction of sp³-hybridized carbons (Fsp3) is 0.190. The van der Waals surface area contributed by atoms with Crippen molar-refractivity contribution in [2.24, 2.45) is 0 Å². The van der Waals surface area contributed by atoms with Gasteiger partial charge >= 0.3 is 5.69 Å². The maximum absolute atomic E-state index is 12.6. The van der Waals surface area contributed by atoms with Crippen LogP contribution >= 0.6 is 0 Å². The van der Waals surface area contributed by atoms with E-state index in [1.165, 1.54) is 5.56 Å². The quantitative estimate of drug-likeness (QED) is 0.560. The molecule has 0 spiro atoms. The molecule has 1 aliphatic rings. The van der Waals surface area contributed by atoms with E-state index in [1.54, 1.807) is 0 Å². The van der Waals surface area contributed by atoms with E-state index in [9.17, 15) is 19.5 Å². The highest BCUT2D eigenvalue weighted by Crippen LogP contribution is 2.41. The summed E-state index contributed by atoms with van der Waals surface area (Å²) in [6, 6.07) is 17.8. The first kappa shape index (κ1) is 17.8. The van der Waals surface area contributed by atoms with Crippen LogP contribution in [0.3, 0.4) is 0 Å². The van der Waals surface area contributed by atoms with Crippen LogP contribution in [0.15, 0.2) is 64.2 Å². The minimum Gasteiger partial charge on any atom is -0.501 e. The van der Waals surface area contributed by atoms with Gasteiger partial charge in [-0.1, -0.05) is 54.6 Å². The second-order valence-electron chi connectivity index (χ2n) is 6.83. The number of amides is 1. The summed E-state index contributed by atoms with van der Waals surface area (Å²) < 4.78 is 0. The zero-order valence-electron chi connectivity index (χ0n) is 14.9. The molecule has 0 radical (unpaired) electrons. The number of hydrogen-bond donors (Lipinski definition) is 4. The Labute approximate surface area is 160 Å². The van der Waals surface area contributed by atoms with Crippen molar-refractivity contribution in [1.29, 1.82) is 0 Å². The number of rotatable bonds is 3. The molecule has 4 rings (SSSR count). The molecule has 3 aromatic rings. The van der Waals surface area contributed by atoms with Gasteiger partial charge < -0.3 is 10.4 Å². The second kappa shape index (κ2) is 7.19. The van der Waals surface area contributed by atoms with Crippen molar-refractivity contribution in [3.8, 4) is 5.75 Å². The van der Waals surface area contributed by atoms with Crippen molar-refractivity contribution in [2.75, 3.05) is 0 Å². The number of H-pyrrole nitrogens is 2. The molecular weight excluding hydrogens is 358 g/mol. The largest absolute Gasteiger partial charge is 0.501 e. The van der Waals surface area contributed by atoms with Crippen molar-refractivity contribution < 1.29 is 9.90 Å². The van der Waals surface area contributed by atoms with Crippen LogP contribution in [-0.2, 0) is 0 Å². The van der Waals surface area contributed by atoms with Gasteiger partial charge in [-0.3, -0.25) is 19.6 Å². The maximum atomic E-state index is 12.6. The van der Waals surface area contributed by atoms with Gasteiger partial charge in [0, 0.05) is 5.92 Å². The first-order valence-electron chi connectivity index (χ1n) is 9.05. The summed E-state index contributed by atoms with van der Waals surface area (Å²) in [4.78, 5) is 39.7. The van der Waals surface area contributed by atoms with Crippen molar-refractivity contribution in [3.05, 3.63) is 97.8 Å². The van der Waals surface area contributed by atoms with E-state index < -0.39 is 28.6 Å². The van der Waals surface area contributed by atoms with E-state index in [-0.39, 0.29) is 12.0 Å². The van der Waals surface area contributed by atoms with Crippen LogP contribution in [0, 0.1) is 0 Å². The molecule has 0 saturated heterocycles. The Morgan fingerprint density at radius 2 is 1.61 bits per heavy atom. The number of aromatic hydroxyl groups is 1. The Bertz CT molecular complexity index is 1130. The average Bonchev–Trinajstić information content (AvgIpc) is 2.71. The monoisotopic (exact) mass is 377 g/mol. The molecule has 0 aliphatic heterocycles. The van der Waals surface area contributed by atoms with Gasteiger partial charge in [-0.05, 0) is 29.5 Å². The van der Waals surface area contributed by atoms with E-state index >= 15 is 0 Å². The lowest BCUT2D eigenvalue weighted by Crippen LogP contribution is -2.35. The predicted octanol–water partition coefficient (Wildman–Crippen LogP) is 2.17. The summed E-state index contributed by atoms with van der Waals surface area (Å²) in [5, 5.41) is 12.7. The molecule has 142 valence electrons. The molecule has 28 heavy (non-hydrogen) atoms. The molecule has 0 fully saturated rings. The molecule has 1 aliphatic carbocycles. The number of aromatic nitrogens is 2. The molecule has 1 aromatic heterocycles. The standard InChI is InChI=1S/C21H19N3O4/c25-18-17(23-21(28)24-20(18)27)19(26)22-16-11-10-13(12-6-2-1-3-7-12)14-8-4-5-9-15(14)16/h1-9,13,16,25H,10-11H2,(H,22,26)(H2,23,24,27,28)/t13-,16-/m1/s1.